The van der Waals surface area contributed by atoms with Crippen LogP contribution in [0.1, 0.15) is 43.6 Å². The van der Waals surface area contributed by atoms with E-state index in [1.54, 1.807) is 30.3 Å². The van der Waals surface area contributed by atoms with Crippen molar-refractivity contribution in [2.45, 2.75) is 33.1 Å². The Morgan fingerprint density at radius 1 is 1.09 bits per heavy atom. The third-order valence-electron chi connectivity index (χ3n) is 3.08. The Kier molecular flexibility index (Phi) is 5.06. The van der Waals surface area contributed by atoms with Gasteiger partial charge in [0, 0.05) is 11.3 Å². The number of Topliss-reactive ketones (excluding diaryl/α,β-unsaturated/α-hetero) is 1. The van der Waals surface area contributed by atoms with Gasteiger partial charge in [0.2, 0.25) is 0 Å². The lowest BCUT2D eigenvalue weighted by molar-refractivity contribution is 0.101. The van der Waals surface area contributed by atoms with E-state index in [1.807, 2.05) is 26.8 Å². The quantitative estimate of drug-likeness (QED) is 0.679. The maximum atomic E-state index is 11.5. The molecular formula is C17H16N4O. The number of benzene rings is 1. The van der Waals surface area contributed by atoms with Crippen LogP contribution in [0.2, 0.25) is 0 Å². The summed E-state index contributed by atoms with van der Waals surface area (Å²) in [5.74, 6) is -0.0529. The highest BCUT2D eigenvalue weighted by molar-refractivity contribution is 5.95. The normalized spacial score (nSPS) is 9.86. The zero-order valence-electron chi connectivity index (χ0n) is 13.0. The molecule has 0 spiro atoms. The Morgan fingerprint density at radius 2 is 1.68 bits per heavy atom. The Hall–Kier alpha value is -3.10. The molecule has 0 aliphatic rings. The van der Waals surface area contributed by atoms with Crippen molar-refractivity contribution in [1.82, 2.24) is 0 Å². The number of rotatable bonds is 3. The number of carbonyl (C=O) groups excluding carboxylic acids is 1. The van der Waals surface area contributed by atoms with E-state index in [1.165, 1.54) is 6.92 Å². The van der Waals surface area contributed by atoms with Crippen LogP contribution >= 0.6 is 0 Å². The second-order valence-corrected chi connectivity index (χ2v) is 5.78. The van der Waals surface area contributed by atoms with E-state index in [0.29, 0.717) is 11.3 Å². The van der Waals surface area contributed by atoms with Crippen molar-refractivity contribution in [3.05, 3.63) is 40.6 Å². The summed E-state index contributed by atoms with van der Waals surface area (Å²) in [6, 6.07) is 10.3. The number of ketones is 1. The lowest BCUT2D eigenvalue weighted by atomic mass is 9.84. The van der Waals surface area contributed by atoms with Crippen LogP contribution in [-0.2, 0) is 5.41 Å². The van der Waals surface area contributed by atoms with Crippen molar-refractivity contribution < 1.29 is 4.79 Å². The maximum Gasteiger partial charge on any atom is 0.163 e. The van der Waals surface area contributed by atoms with E-state index < -0.39 is 0 Å². The molecule has 0 aliphatic carbocycles. The molecular weight excluding hydrogens is 276 g/mol. The Balaban J connectivity index is 3.48. The zero-order chi connectivity index (χ0) is 16.9. The topological polar surface area (TPSA) is 100 Å². The Bertz CT molecular complexity index is 746. The van der Waals surface area contributed by atoms with Crippen molar-refractivity contribution in [3.8, 4) is 18.2 Å². The predicted octanol–water partition coefficient (Wildman–Crippen LogP) is 3.42. The van der Waals surface area contributed by atoms with E-state index in [4.69, 9.17) is 15.8 Å². The first-order valence-corrected chi connectivity index (χ1v) is 6.61. The van der Waals surface area contributed by atoms with Gasteiger partial charge in [-0.25, -0.2) is 0 Å². The van der Waals surface area contributed by atoms with Crippen LogP contribution in [0.15, 0.2) is 29.5 Å². The van der Waals surface area contributed by atoms with E-state index in [-0.39, 0.29) is 22.5 Å². The van der Waals surface area contributed by atoms with Crippen molar-refractivity contribution in [2.75, 3.05) is 5.32 Å². The van der Waals surface area contributed by atoms with Crippen LogP contribution in [0.3, 0.4) is 0 Å². The Morgan fingerprint density at radius 3 is 2.09 bits per heavy atom. The summed E-state index contributed by atoms with van der Waals surface area (Å²) in [5.41, 5.74) is 1.32. The van der Waals surface area contributed by atoms with Crippen LogP contribution in [-0.4, -0.2) is 5.78 Å². The first-order chi connectivity index (χ1) is 10.2. The van der Waals surface area contributed by atoms with E-state index >= 15 is 0 Å². The minimum absolute atomic E-state index is 0.0529. The number of nitrogens with one attached hydrogen (secondary N) is 1. The minimum atomic E-state index is -0.284. The number of nitrogens with zero attached hydrogens (tertiary/aromatic N) is 3. The second-order valence-electron chi connectivity index (χ2n) is 5.78. The third kappa shape index (κ3) is 3.72. The van der Waals surface area contributed by atoms with Gasteiger partial charge < -0.3 is 5.32 Å². The van der Waals surface area contributed by atoms with Gasteiger partial charge in [-0.05, 0) is 36.1 Å². The highest BCUT2D eigenvalue weighted by atomic mass is 16.1. The van der Waals surface area contributed by atoms with Gasteiger partial charge in [-0.2, -0.15) is 15.8 Å². The minimum Gasteiger partial charge on any atom is -0.345 e. The molecule has 0 heterocycles. The summed E-state index contributed by atoms with van der Waals surface area (Å²) < 4.78 is 0. The molecule has 0 atom stereocenters. The molecule has 0 aliphatic heterocycles. The summed E-state index contributed by atoms with van der Waals surface area (Å²) in [5, 5.41) is 29.7. The molecule has 0 fully saturated rings. The molecule has 1 N–H and O–H groups in total. The molecule has 0 saturated heterocycles. The molecule has 5 nitrogen and oxygen atoms in total. The molecule has 1 rings (SSSR count). The Labute approximate surface area is 130 Å². The predicted molar refractivity (Wildman–Crippen MR) is 82.6 cm³/mol. The summed E-state index contributed by atoms with van der Waals surface area (Å²) >= 11 is 0. The van der Waals surface area contributed by atoms with Crippen molar-refractivity contribution in [2.24, 2.45) is 0 Å². The van der Waals surface area contributed by atoms with Gasteiger partial charge in [0.1, 0.15) is 23.9 Å². The van der Waals surface area contributed by atoms with Gasteiger partial charge in [-0.1, -0.05) is 20.8 Å². The average Bonchev–Trinajstić information content (AvgIpc) is 2.46. The first-order valence-electron chi connectivity index (χ1n) is 6.61. The van der Waals surface area contributed by atoms with Crippen LogP contribution in [0.4, 0.5) is 5.69 Å². The monoisotopic (exact) mass is 292 g/mol. The SMILES string of the molecule is CC(=O)c1ccc(NC(C#N)=C(C#N)C#N)c(C(C)(C)C)c1. The van der Waals surface area contributed by atoms with Crippen LogP contribution in [0.5, 0.6) is 0 Å². The highest BCUT2D eigenvalue weighted by Crippen LogP contribution is 2.31. The first kappa shape index (κ1) is 17.0. The number of nitriles is 3. The van der Waals surface area contributed by atoms with Crippen LogP contribution in [0.25, 0.3) is 0 Å². The molecule has 0 amide bonds. The fraction of sp³-hybridized carbons (Fsp3) is 0.294. The van der Waals surface area contributed by atoms with Crippen LogP contribution in [0, 0.1) is 34.0 Å². The molecule has 1 aromatic rings. The van der Waals surface area contributed by atoms with Gasteiger partial charge >= 0.3 is 0 Å². The smallest absolute Gasteiger partial charge is 0.163 e. The summed E-state index contributed by atoms with van der Waals surface area (Å²) in [6.07, 6.45) is 0. The number of carbonyl (C=O) groups is 1. The molecule has 0 radical (unpaired) electrons. The summed E-state index contributed by atoms with van der Waals surface area (Å²) in [4.78, 5) is 11.5. The van der Waals surface area contributed by atoms with Crippen molar-refractivity contribution >= 4 is 11.5 Å². The molecule has 0 bridgehead atoms. The number of hydrogen-bond acceptors (Lipinski definition) is 5. The number of allylic oxidation sites excluding steroid dienone is 2. The van der Waals surface area contributed by atoms with Gasteiger partial charge in [0.15, 0.2) is 11.4 Å². The summed E-state index contributed by atoms with van der Waals surface area (Å²) in [6.45, 7) is 7.41. The maximum absolute atomic E-state index is 11.5. The zero-order valence-corrected chi connectivity index (χ0v) is 13.0. The molecule has 5 heteroatoms. The highest BCUT2D eigenvalue weighted by Gasteiger charge is 2.20. The van der Waals surface area contributed by atoms with Gasteiger partial charge in [0.05, 0.1) is 0 Å². The van der Waals surface area contributed by atoms with Crippen molar-refractivity contribution in [1.29, 1.82) is 15.8 Å². The third-order valence-corrected chi connectivity index (χ3v) is 3.08. The number of hydrogen-bond donors (Lipinski definition) is 1. The lowest BCUT2D eigenvalue weighted by Gasteiger charge is -2.24. The van der Waals surface area contributed by atoms with Gasteiger partial charge in [0.25, 0.3) is 0 Å². The fourth-order valence-corrected chi connectivity index (χ4v) is 1.91. The van der Waals surface area contributed by atoms with Gasteiger partial charge in [-0.3, -0.25) is 4.79 Å². The largest absolute Gasteiger partial charge is 0.345 e. The molecule has 1 aromatic carbocycles. The van der Waals surface area contributed by atoms with Gasteiger partial charge in [-0.15, -0.1) is 0 Å². The average molecular weight is 292 g/mol. The molecule has 0 unspecified atom stereocenters. The van der Waals surface area contributed by atoms with E-state index in [9.17, 15) is 4.79 Å². The standard InChI is InChI=1S/C17H16N4O/c1-11(22)12-5-6-15(14(7-12)17(2,3)4)21-16(10-20)13(8-18)9-19/h5-7,21H,1-4H3. The number of anilines is 1. The molecule has 110 valence electrons. The van der Waals surface area contributed by atoms with Crippen molar-refractivity contribution in [3.63, 3.8) is 0 Å². The molecule has 0 aromatic heterocycles. The van der Waals surface area contributed by atoms with E-state index in [0.717, 1.165) is 5.56 Å². The lowest BCUT2D eigenvalue weighted by Crippen LogP contribution is -2.16. The summed E-state index contributed by atoms with van der Waals surface area (Å²) in [7, 11) is 0. The second kappa shape index (κ2) is 6.57. The fourth-order valence-electron chi connectivity index (χ4n) is 1.91. The van der Waals surface area contributed by atoms with Crippen LogP contribution < -0.4 is 5.32 Å². The molecule has 22 heavy (non-hydrogen) atoms. The molecule has 0 saturated carbocycles. The van der Waals surface area contributed by atoms with E-state index in [2.05, 4.69) is 5.32 Å².